The molecule has 0 radical (unpaired) electrons. The Labute approximate surface area is 88.4 Å². The van der Waals surface area contributed by atoms with Crippen LogP contribution in [0, 0.1) is 6.92 Å². The van der Waals surface area contributed by atoms with Crippen LogP contribution in [0.15, 0.2) is 42.5 Å². The lowest BCUT2D eigenvalue weighted by atomic mass is 10.1. The quantitative estimate of drug-likeness (QED) is 0.689. The lowest BCUT2D eigenvalue weighted by Crippen LogP contribution is -1.86. The monoisotopic (exact) mass is 203 g/mol. The molecule has 0 bridgehead atoms. The Hall–Kier alpha value is -1.34. The fraction of sp³-hybridized carbons (Fsp3) is 0.0833. The minimum Gasteiger partial charge on any atom is -0.253 e. The third-order valence-corrected chi connectivity index (χ3v) is 2.21. The van der Waals surface area contributed by atoms with Crippen molar-refractivity contribution in [2.24, 2.45) is 0 Å². The third kappa shape index (κ3) is 1.94. The molecule has 0 unspecified atom stereocenters. The number of pyridine rings is 1. The number of benzene rings is 1. The zero-order chi connectivity index (χ0) is 9.97. The maximum atomic E-state index is 5.96. The number of nitrogens with zero attached hydrogens (tertiary/aromatic N) is 1. The maximum absolute atomic E-state index is 5.96. The molecule has 0 saturated carbocycles. The molecule has 0 aliphatic carbocycles. The molecule has 0 atom stereocenters. The van der Waals surface area contributed by atoms with Crippen LogP contribution in [0.1, 0.15) is 5.69 Å². The molecule has 1 aromatic heterocycles. The molecular weight excluding hydrogens is 194 g/mol. The summed E-state index contributed by atoms with van der Waals surface area (Å²) in [4.78, 5) is 4.42. The van der Waals surface area contributed by atoms with Crippen LogP contribution in [0.2, 0.25) is 5.02 Å². The molecule has 2 heteroatoms. The van der Waals surface area contributed by atoms with Gasteiger partial charge in [0.05, 0.1) is 5.69 Å². The number of aromatic nitrogens is 1. The number of aryl methyl sites for hydroxylation is 1. The van der Waals surface area contributed by atoms with E-state index in [0.717, 1.165) is 22.0 Å². The first-order valence-corrected chi connectivity index (χ1v) is 4.83. The molecule has 1 nitrogen and oxygen atoms in total. The summed E-state index contributed by atoms with van der Waals surface area (Å²) in [6.45, 7) is 1.94. The van der Waals surface area contributed by atoms with Gasteiger partial charge in [0.25, 0.3) is 0 Å². The van der Waals surface area contributed by atoms with Gasteiger partial charge in [-0.2, -0.15) is 0 Å². The zero-order valence-corrected chi connectivity index (χ0v) is 8.62. The highest BCUT2D eigenvalue weighted by Gasteiger charge is 2.00. The first-order valence-electron chi connectivity index (χ1n) is 4.45. The van der Waals surface area contributed by atoms with Crippen LogP contribution < -0.4 is 0 Å². The van der Waals surface area contributed by atoms with E-state index in [0.29, 0.717) is 0 Å². The van der Waals surface area contributed by atoms with E-state index in [1.165, 1.54) is 0 Å². The highest BCUT2D eigenvalue weighted by molar-refractivity contribution is 6.30. The van der Waals surface area contributed by atoms with E-state index in [1.54, 1.807) is 0 Å². The molecule has 1 aromatic carbocycles. The van der Waals surface area contributed by atoms with Crippen LogP contribution in [0.3, 0.4) is 0 Å². The largest absolute Gasteiger partial charge is 0.253 e. The molecule has 0 aliphatic rings. The second-order valence-corrected chi connectivity index (χ2v) is 3.61. The Morgan fingerprint density at radius 2 is 1.79 bits per heavy atom. The molecule has 2 aromatic rings. The standard InChI is InChI=1S/C12H10ClN/c1-9-7-11(13)8-12(14-9)10-5-3-2-4-6-10/h2-8H,1H3. The maximum Gasteiger partial charge on any atom is 0.0719 e. The number of rotatable bonds is 1. The van der Waals surface area contributed by atoms with Gasteiger partial charge in [0.15, 0.2) is 0 Å². The van der Waals surface area contributed by atoms with Crippen LogP contribution in [0.25, 0.3) is 11.3 Å². The Bertz CT molecular complexity index is 417. The number of hydrogen-bond donors (Lipinski definition) is 0. The van der Waals surface area contributed by atoms with Crippen LogP contribution in [0.5, 0.6) is 0 Å². The van der Waals surface area contributed by atoms with Gasteiger partial charge in [-0.3, -0.25) is 4.98 Å². The minimum atomic E-state index is 0.733. The molecule has 2 rings (SSSR count). The summed E-state index contributed by atoms with van der Waals surface area (Å²) in [6, 6.07) is 13.8. The van der Waals surface area contributed by atoms with E-state index in [1.807, 2.05) is 49.4 Å². The molecule has 70 valence electrons. The zero-order valence-electron chi connectivity index (χ0n) is 7.87. The summed E-state index contributed by atoms with van der Waals surface area (Å²) >= 11 is 5.96. The fourth-order valence-corrected chi connectivity index (χ4v) is 1.64. The summed E-state index contributed by atoms with van der Waals surface area (Å²) < 4.78 is 0. The highest BCUT2D eigenvalue weighted by atomic mass is 35.5. The average molecular weight is 204 g/mol. The third-order valence-electron chi connectivity index (χ3n) is 1.99. The summed E-state index contributed by atoms with van der Waals surface area (Å²) in [5.74, 6) is 0. The van der Waals surface area contributed by atoms with Crippen molar-refractivity contribution in [3.8, 4) is 11.3 Å². The first kappa shape index (κ1) is 9.22. The summed E-state index contributed by atoms with van der Waals surface area (Å²) in [7, 11) is 0. The fourth-order valence-electron chi connectivity index (χ4n) is 1.38. The van der Waals surface area contributed by atoms with E-state index in [4.69, 9.17) is 11.6 Å². The van der Waals surface area contributed by atoms with Crippen molar-refractivity contribution in [1.82, 2.24) is 4.98 Å². The van der Waals surface area contributed by atoms with Gasteiger partial charge in [-0.15, -0.1) is 0 Å². The molecule has 0 N–H and O–H groups in total. The molecular formula is C12H10ClN. The van der Waals surface area contributed by atoms with Gasteiger partial charge in [-0.05, 0) is 19.1 Å². The van der Waals surface area contributed by atoms with Gasteiger partial charge in [0, 0.05) is 16.3 Å². The lowest BCUT2D eigenvalue weighted by Gasteiger charge is -2.02. The van der Waals surface area contributed by atoms with Crippen molar-refractivity contribution < 1.29 is 0 Å². The molecule has 0 aliphatic heterocycles. The minimum absolute atomic E-state index is 0.733. The first-order chi connectivity index (χ1) is 6.75. The molecule has 0 amide bonds. The Balaban J connectivity index is 2.52. The van der Waals surface area contributed by atoms with Crippen molar-refractivity contribution >= 4 is 11.6 Å². The summed E-state index contributed by atoms with van der Waals surface area (Å²) in [6.07, 6.45) is 0. The van der Waals surface area contributed by atoms with Crippen molar-refractivity contribution in [2.45, 2.75) is 6.92 Å². The second-order valence-electron chi connectivity index (χ2n) is 3.18. The van der Waals surface area contributed by atoms with E-state index < -0.39 is 0 Å². The predicted octanol–water partition coefficient (Wildman–Crippen LogP) is 3.71. The average Bonchev–Trinajstić information content (AvgIpc) is 2.18. The van der Waals surface area contributed by atoms with Crippen LogP contribution >= 0.6 is 11.6 Å². The second kappa shape index (κ2) is 3.81. The van der Waals surface area contributed by atoms with Crippen molar-refractivity contribution in [1.29, 1.82) is 0 Å². The van der Waals surface area contributed by atoms with E-state index in [-0.39, 0.29) is 0 Å². The molecule has 0 saturated heterocycles. The van der Waals surface area contributed by atoms with E-state index in [9.17, 15) is 0 Å². The van der Waals surface area contributed by atoms with Gasteiger partial charge >= 0.3 is 0 Å². The topological polar surface area (TPSA) is 12.9 Å². The summed E-state index contributed by atoms with van der Waals surface area (Å²) in [5, 5.41) is 0.733. The summed E-state index contributed by atoms with van der Waals surface area (Å²) in [5.41, 5.74) is 2.96. The highest BCUT2D eigenvalue weighted by Crippen LogP contribution is 2.20. The SMILES string of the molecule is Cc1cc(Cl)cc(-c2ccccc2)n1. The van der Waals surface area contributed by atoms with E-state index in [2.05, 4.69) is 4.98 Å². The Kier molecular flexibility index (Phi) is 2.51. The van der Waals surface area contributed by atoms with Crippen molar-refractivity contribution in [3.63, 3.8) is 0 Å². The van der Waals surface area contributed by atoms with Crippen molar-refractivity contribution in [3.05, 3.63) is 53.2 Å². The smallest absolute Gasteiger partial charge is 0.0719 e. The van der Waals surface area contributed by atoms with Crippen molar-refractivity contribution in [2.75, 3.05) is 0 Å². The lowest BCUT2D eigenvalue weighted by molar-refractivity contribution is 1.21. The molecule has 0 spiro atoms. The number of halogens is 1. The molecule has 14 heavy (non-hydrogen) atoms. The molecule has 1 heterocycles. The van der Waals surface area contributed by atoms with Crippen LogP contribution in [0.4, 0.5) is 0 Å². The normalized spacial score (nSPS) is 10.1. The Morgan fingerprint density at radius 1 is 1.07 bits per heavy atom. The predicted molar refractivity (Wildman–Crippen MR) is 59.4 cm³/mol. The van der Waals surface area contributed by atoms with Crippen LogP contribution in [-0.4, -0.2) is 4.98 Å². The van der Waals surface area contributed by atoms with Gasteiger partial charge < -0.3 is 0 Å². The van der Waals surface area contributed by atoms with Gasteiger partial charge in [-0.1, -0.05) is 41.9 Å². The van der Waals surface area contributed by atoms with Crippen LogP contribution in [-0.2, 0) is 0 Å². The van der Waals surface area contributed by atoms with E-state index >= 15 is 0 Å². The number of hydrogen-bond acceptors (Lipinski definition) is 1. The van der Waals surface area contributed by atoms with Gasteiger partial charge in [0.2, 0.25) is 0 Å². The Morgan fingerprint density at radius 3 is 2.43 bits per heavy atom. The molecule has 0 fully saturated rings. The van der Waals surface area contributed by atoms with Gasteiger partial charge in [0.1, 0.15) is 0 Å². The van der Waals surface area contributed by atoms with Gasteiger partial charge in [-0.25, -0.2) is 0 Å².